The highest BCUT2D eigenvalue weighted by atomic mass is 19.2. The average Bonchev–Trinajstić information content (AvgIpc) is 2.69. The van der Waals surface area contributed by atoms with E-state index in [0.29, 0.717) is 11.4 Å². The molecule has 0 bridgehead atoms. The van der Waals surface area contributed by atoms with Crippen molar-refractivity contribution in [1.82, 2.24) is 10.2 Å². The van der Waals surface area contributed by atoms with Gasteiger partial charge < -0.3 is 15.4 Å². The Hall–Kier alpha value is -3.62. The fraction of sp³-hybridized carbons (Fsp3) is 0.0556. The van der Waals surface area contributed by atoms with E-state index in [-0.39, 0.29) is 17.2 Å². The van der Waals surface area contributed by atoms with Crippen molar-refractivity contribution >= 4 is 23.1 Å². The molecule has 1 amide bonds. The second-order valence-corrected chi connectivity index (χ2v) is 5.31. The van der Waals surface area contributed by atoms with E-state index in [9.17, 15) is 18.0 Å². The van der Waals surface area contributed by atoms with Crippen LogP contribution in [0.5, 0.6) is 5.75 Å². The zero-order valence-corrected chi connectivity index (χ0v) is 14.0. The first-order valence-corrected chi connectivity index (χ1v) is 7.68. The lowest BCUT2D eigenvalue weighted by Gasteiger charge is -2.10. The summed E-state index contributed by atoms with van der Waals surface area (Å²) in [4.78, 5) is 12.2. The Bertz CT molecular complexity index is 981. The average molecular weight is 374 g/mol. The summed E-state index contributed by atoms with van der Waals surface area (Å²) in [7, 11) is 1.47. The Kier molecular flexibility index (Phi) is 5.20. The number of methoxy groups -OCH3 is 1. The summed E-state index contributed by atoms with van der Waals surface area (Å²) in [6.45, 7) is 0. The number of carbonyl (C=O) groups is 1. The number of rotatable bonds is 5. The van der Waals surface area contributed by atoms with Crippen LogP contribution in [0.3, 0.4) is 0 Å². The maximum atomic E-state index is 13.7. The van der Waals surface area contributed by atoms with Gasteiger partial charge in [-0.05, 0) is 36.4 Å². The first-order valence-electron chi connectivity index (χ1n) is 7.68. The van der Waals surface area contributed by atoms with Crippen molar-refractivity contribution in [3.05, 3.63) is 71.7 Å². The molecule has 0 unspecified atom stereocenters. The van der Waals surface area contributed by atoms with Crippen molar-refractivity contribution in [1.29, 1.82) is 0 Å². The molecule has 0 aliphatic carbocycles. The van der Waals surface area contributed by atoms with Crippen molar-refractivity contribution in [2.24, 2.45) is 0 Å². The highest BCUT2D eigenvalue weighted by molar-refractivity contribution is 6.03. The van der Waals surface area contributed by atoms with Gasteiger partial charge in [-0.2, -0.15) is 0 Å². The van der Waals surface area contributed by atoms with Crippen LogP contribution in [-0.4, -0.2) is 23.2 Å². The van der Waals surface area contributed by atoms with E-state index in [0.717, 1.165) is 12.1 Å². The van der Waals surface area contributed by atoms with Crippen LogP contribution in [0.1, 0.15) is 10.5 Å². The smallest absolute Gasteiger partial charge is 0.276 e. The number of anilines is 3. The number of nitrogens with one attached hydrogen (secondary N) is 2. The summed E-state index contributed by atoms with van der Waals surface area (Å²) >= 11 is 0. The molecule has 6 nitrogen and oxygen atoms in total. The number of nitrogens with zero attached hydrogens (tertiary/aromatic N) is 2. The third kappa shape index (κ3) is 3.97. The van der Waals surface area contributed by atoms with Gasteiger partial charge in [0.05, 0.1) is 18.5 Å². The van der Waals surface area contributed by atoms with Crippen LogP contribution in [0.15, 0.2) is 48.5 Å². The molecule has 0 radical (unpaired) electrons. The molecule has 27 heavy (non-hydrogen) atoms. The zero-order chi connectivity index (χ0) is 19.4. The molecule has 3 rings (SSSR count). The van der Waals surface area contributed by atoms with Crippen molar-refractivity contribution in [3.8, 4) is 5.75 Å². The summed E-state index contributed by atoms with van der Waals surface area (Å²) in [5, 5.41) is 12.6. The molecule has 0 saturated carbocycles. The molecule has 0 atom stereocenters. The number of hydrogen-bond donors (Lipinski definition) is 2. The first kappa shape index (κ1) is 18.2. The second-order valence-electron chi connectivity index (χ2n) is 5.31. The highest BCUT2D eigenvalue weighted by Gasteiger charge is 2.15. The third-order valence-electron chi connectivity index (χ3n) is 3.55. The predicted octanol–water partition coefficient (Wildman–Crippen LogP) is 3.90. The van der Waals surface area contributed by atoms with Crippen LogP contribution >= 0.6 is 0 Å². The Morgan fingerprint density at radius 3 is 2.41 bits per heavy atom. The molecule has 2 N–H and O–H groups in total. The lowest BCUT2D eigenvalue weighted by molar-refractivity contribution is 0.102. The van der Waals surface area contributed by atoms with Gasteiger partial charge in [-0.3, -0.25) is 4.79 Å². The van der Waals surface area contributed by atoms with Crippen LogP contribution in [-0.2, 0) is 0 Å². The van der Waals surface area contributed by atoms with E-state index < -0.39 is 23.4 Å². The molecule has 1 heterocycles. The molecule has 0 fully saturated rings. The molecule has 0 saturated heterocycles. The number of benzene rings is 2. The molecular weight excluding hydrogens is 361 g/mol. The van der Waals surface area contributed by atoms with Gasteiger partial charge in [0.1, 0.15) is 5.75 Å². The standard InChI is InChI=1S/C18H13F3N4O2/c1-27-14-5-3-2-4-11(14)23-18(26)13-8-9-15(25-24-13)22-12-7-6-10(19)16(20)17(12)21/h2-9H,1H3,(H,22,25)(H,23,26). The largest absolute Gasteiger partial charge is 0.495 e. The number of amides is 1. The number of carbonyl (C=O) groups excluding carboxylic acids is 1. The summed E-state index contributed by atoms with van der Waals surface area (Å²) in [6, 6.07) is 11.3. The summed E-state index contributed by atoms with van der Waals surface area (Å²) in [5.74, 6) is -4.28. The fourth-order valence-electron chi connectivity index (χ4n) is 2.21. The molecular formula is C18H13F3N4O2. The van der Waals surface area contributed by atoms with Gasteiger partial charge >= 0.3 is 0 Å². The Morgan fingerprint density at radius 2 is 1.70 bits per heavy atom. The van der Waals surface area contributed by atoms with Crippen molar-refractivity contribution < 1.29 is 22.7 Å². The lowest BCUT2D eigenvalue weighted by atomic mass is 10.2. The maximum absolute atomic E-state index is 13.7. The quantitative estimate of drug-likeness (QED) is 0.663. The Morgan fingerprint density at radius 1 is 0.926 bits per heavy atom. The lowest BCUT2D eigenvalue weighted by Crippen LogP contribution is -2.15. The van der Waals surface area contributed by atoms with Gasteiger partial charge in [0.2, 0.25) is 0 Å². The van der Waals surface area contributed by atoms with Crippen LogP contribution in [0, 0.1) is 17.5 Å². The normalized spacial score (nSPS) is 10.4. The van der Waals surface area contributed by atoms with Crippen molar-refractivity contribution in [2.75, 3.05) is 17.7 Å². The zero-order valence-electron chi connectivity index (χ0n) is 14.0. The number of hydrogen-bond acceptors (Lipinski definition) is 5. The van der Waals surface area contributed by atoms with Gasteiger partial charge in [0.15, 0.2) is 29.0 Å². The van der Waals surface area contributed by atoms with E-state index in [1.807, 2.05) is 0 Å². The number of halogens is 3. The summed E-state index contributed by atoms with van der Waals surface area (Å²) in [5.41, 5.74) is 0.143. The topological polar surface area (TPSA) is 76.1 Å². The maximum Gasteiger partial charge on any atom is 0.276 e. The molecule has 9 heteroatoms. The number of aromatic nitrogens is 2. The molecule has 138 valence electrons. The Labute approximate surface area is 152 Å². The van der Waals surface area contributed by atoms with E-state index in [1.165, 1.54) is 19.2 Å². The fourth-order valence-corrected chi connectivity index (χ4v) is 2.21. The first-order chi connectivity index (χ1) is 13.0. The monoisotopic (exact) mass is 374 g/mol. The predicted molar refractivity (Wildman–Crippen MR) is 92.6 cm³/mol. The minimum Gasteiger partial charge on any atom is -0.495 e. The van der Waals surface area contributed by atoms with Crippen molar-refractivity contribution in [2.45, 2.75) is 0 Å². The molecule has 0 aliphatic heterocycles. The van der Waals surface area contributed by atoms with Crippen LogP contribution in [0.4, 0.5) is 30.4 Å². The van der Waals surface area contributed by atoms with E-state index in [4.69, 9.17) is 4.74 Å². The highest BCUT2D eigenvalue weighted by Crippen LogP contribution is 2.24. The number of para-hydroxylation sites is 2. The van der Waals surface area contributed by atoms with Gasteiger partial charge in [-0.25, -0.2) is 13.2 Å². The molecule has 0 aliphatic rings. The summed E-state index contributed by atoms with van der Waals surface area (Å²) in [6.07, 6.45) is 0. The van der Waals surface area contributed by atoms with Gasteiger partial charge in [-0.15, -0.1) is 10.2 Å². The van der Waals surface area contributed by atoms with Gasteiger partial charge in [-0.1, -0.05) is 12.1 Å². The van der Waals surface area contributed by atoms with Crippen molar-refractivity contribution in [3.63, 3.8) is 0 Å². The molecule has 2 aromatic carbocycles. The van der Waals surface area contributed by atoms with E-state index in [1.54, 1.807) is 24.3 Å². The second kappa shape index (κ2) is 7.73. The molecule has 3 aromatic rings. The van der Waals surface area contributed by atoms with Gasteiger partial charge in [0, 0.05) is 0 Å². The van der Waals surface area contributed by atoms with Crippen LogP contribution in [0.25, 0.3) is 0 Å². The summed E-state index contributed by atoms with van der Waals surface area (Å²) < 4.78 is 45.0. The molecule has 1 aromatic heterocycles. The number of ether oxygens (including phenoxy) is 1. The van der Waals surface area contributed by atoms with Crippen LogP contribution in [0.2, 0.25) is 0 Å². The van der Waals surface area contributed by atoms with E-state index in [2.05, 4.69) is 20.8 Å². The third-order valence-corrected chi connectivity index (χ3v) is 3.55. The minimum atomic E-state index is -1.60. The van der Waals surface area contributed by atoms with Gasteiger partial charge in [0.25, 0.3) is 5.91 Å². The SMILES string of the molecule is COc1ccccc1NC(=O)c1ccc(Nc2ccc(F)c(F)c2F)nn1. The van der Waals surface area contributed by atoms with Crippen LogP contribution < -0.4 is 15.4 Å². The minimum absolute atomic E-state index is 0.00258. The molecule has 0 spiro atoms. The Balaban J connectivity index is 1.73. The van der Waals surface area contributed by atoms with E-state index >= 15 is 0 Å².